The molecule has 0 spiro atoms. The van der Waals surface area contributed by atoms with Gasteiger partial charge >= 0.3 is 39.5 Å². The summed E-state index contributed by atoms with van der Waals surface area (Å²) in [6.07, 6.45) is 61.2. The fraction of sp³-hybridized carbons (Fsp3) is 0.952. The van der Waals surface area contributed by atoms with Crippen molar-refractivity contribution in [3.05, 3.63) is 0 Å². The number of carbonyl (C=O) groups is 4. The summed E-state index contributed by atoms with van der Waals surface area (Å²) >= 11 is 0. The first kappa shape index (κ1) is 101. The number of phosphoric ester groups is 2. The molecular weight excluding hydrogens is 1340 g/mol. The smallest absolute Gasteiger partial charge is 0.462 e. The molecule has 612 valence electrons. The summed E-state index contributed by atoms with van der Waals surface area (Å²) in [5.41, 5.74) is 0. The molecule has 19 heteroatoms. The van der Waals surface area contributed by atoms with Crippen LogP contribution in [0.25, 0.3) is 0 Å². The number of phosphoric acid groups is 2. The molecule has 0 saturated carbocycles. The number of aliphatic hydroxyl groups is 1. The molecule has 0 rings (SSSR count). The van der Waals surface area contributed by atoms with E-state index < -0.39 is 97.5 Å². The van der Waals surface area contributed by atoms with E-state index in [4.69, 9.17) is 37.0 Å². The van der Waals surface area contributed by atoms with Crippen LogP contribution in [0.5, 0.6) is 0 Å². The fourth-order valence-corrected chi connectivity index (χ4v) is 14.5. The maximum Gasteiger partial charge on any atom is 0.472 e. The monoisotopic (exact) mass is 1510 g/mol. The van der Waals surface area contributed by atoms with Crippen molar-refractivity contribution in [1.29, 1.82) is 0 Å². The zero-order chi connectivity index (χ0) is 76.0. The van der Waals surface area contributed by atoms with Crippen molar-refractivity contribution in [2.24, 2.45) is 23.7 Å². The van der Waals surface area contributed by atoms with Crippen molar-refractivity contribution in [1.82, 2.24) is 0 Å². The lowest BCUT2D eigenvalue weighted by molar-refractivity contribution is -0.161. The zero-order valence-corrected chi connectivity index (χ0v) is 69.7. The molecular formula is C84H164O17P2. The first-order valence-corrected chi connectivity index (χ1v) is 46.2. The maximum absolute atomic E-state index is 13.1. The van der Waals surface area contributed by atoms with Gasteiger partial charge in [0, 0.05) is 25.7 Å². The van der Waals surface area contributed by atoms with Gasteiger partial charge in [0.2, 0.25) is 0 Å². The Bertz CT molecular complexity index is 2010. The molecule has 0 fully saturated rings. The minimum Gasteiger partial charge on any atom is -0.462 e. The predicted octanol–water partition coefficient (Wildman–Crippen LogP) is 25.2. The lowest BCUT2D eigenvalue weighted by Gasteiger charge is -2.21. The topological polar surface area (TPSA) is 237 Å². The van der Waals surface area contributed by atoms with Crippen molar-refractivity contribution in [3.8, 4) is 0 Å². The average Bonchev–Trinajstić information content (AvgIpc) is 0.931. The van der Waals surface area contributed by atoms with Crippen molar-refractivity contribution in [3.63, 3.8) is 0 Å². The van der Waals surface area contributed by atoms with Crippen molar-refractivity contribution in [2.75, 3.05) is 39.6 Å². The van der Waals surface area contributed by atoms with E-state index in [1.807, 2.05) is 0 Å². The Labute approximate surface area is 632 Å². The van der Waals surface area contributed by atoms with Gasteiger partial charge in [0.1, 0.15) is 19.3 Å². The Kier molecular flexibility index (Phi) is 71.5. The van der Waals surface area contributed by atoms with Gasteiger partial charge in [0.15, 0.2) is 12.2 Å². The van der Waals surface area contributed by atoms with E-state index in [-0.39, 0.29) is 25.7 Å². The molecule has 0 aromatic heterocycles. The second kappa shape index (κ2) is 72.9. The summed E-state index contributed by atoms with van der Waals surface area (Å²) in [5.74, 6) is 1.03. The molecule has 3 N–H and O–H groups in total. The van der Waals surface area contributed by atoms with E-state index in [0.29, 0.717) is 25.7 Å². The number of unbranched alkanes of at least 4 members (excludes halogenated alkanes) is 46. The van der Waals surface area contributed by atoms with Gasteiger partial charge < -0.3 is 33.8 Å². The van der Waals surface area contributed by atoms with Gasteiger partial charge in [-0.15, -0.1) is 0 Å². The molecule has 0 aliphatic heterocycles. The number of ether oxygens (including phenoxy) is 4. The highest BCUT2D eigenvalue weighted by Gasteiger charge is 2.30. The zero-order valence-electron chi connectivity index (χ0n) is 68.0. The second-order valence-electron chi connectivity index (χ2n) is 31.9. The van der Waals surface area contributed by atoms with Crippen LogP contribution in [0, 0.1) is 23.7 Å². The summed E-state index contributed by atoms with van der Waals surface area (Å²) < 4.78 is 68.8. The molecule has 0 aromatic rings. The number of hydrogen-bond acceptors (Lipinski definition) is 15. The third-order valence-corrected chi connectivity index (χ3v) is 21.8. The summed E-state index contributed by atoms with van der Waals surface area (Å²) in [4.78, 5) is 73.1. The first-order chi connectivity index (χ1) is 49.6. The summed E-state index contributed by atoms with van der Waals surface area (Å²) in [6.45, 7) is 14.3. The SMILES string of the molecule is CCC(C)CCCCCCCCCCCCCCCCCCCCC(=O)OC[C@H](COP(=O)(O)OCC(O)COP(=O)(O)OC[C@@H](COC(=O)CCCCCCCCCCC(C)C)OC(=O)CCCCCCCCCCCC(C)C)OC(=O)CCCCCCCCCCCCCCCCCC(C)C. The van der Waals surface area contributed by atoms with Gasteiger partial charge in [-0.05, 0) is 49.4 Å². The van der Waals surface area contributed by atoms with E-state index in [9.17, 15) is 43.2 Å². The highest BCUT2D eigenvalue weighted by molar-refractivity contribution is 7.47. The van der Waals surface area contributed by atoms with Gasteiger partial charge in [0.05, 0.1) is 26.4 Å². The Morgan fingerprint density at radius 2 is 0.466 bits per heavy atom. The summed E-state index contributed by atoms with van der Waals surface area (Å²) in [6, 6.07) is 0. The van der Waals surface area contributed by atoms with Gasteiger partial charge in [-0.2, -0.15) is 0 Å². The molecule has 103 heavy (non-hydrogen) atoms. The number of hydrogen-bond donors (Lipinski definition) is 3. The Morgan fingerprint density at radius 1 is 0.272 bits per heavy atom. The van der Waals surface area contributed by atoms with E-state index >= 15 is 0 Å². The minimum atomic E-state index is -4.97. The van der Waals surface area contributed by atoms with Crippen LogP contribution in [0.4, 0.5) is 0 Å². The van der Waals surface area contributed by atoms with Gasteiger partial charge in [-0.25, -0.2) is 9.13 Å². The molecule has 0 radical (unpaired) electrons. The van der Waals surface area contributed by atoms with Crippen molar-refractivity contribution >= 4 is 39.5 Å². The lowest BCUT2D eigenvalue weighted by atomic mass is 9.99. The Balaban J connectivity index is 5.21. The van der Waals surface area contributed by atoms with Crippen LogP contribution in [0.15, 0.2) is 0 Å². The normalized spacial score (nSPS) is 14.2. The van der Waals surface area contributed by atoms with E-state index in [2.05, 4.69) is 55.4 Å². The minimum absolute atomic E-state index is 0.105. The predicted molar refractivity (Wildman–Crippen MR) is 423 cm³/mol. The van der Waals surface area contributed by atoms with Crippen LogP contribution in [0.2, 0.25) is 0 Å². The molecule has 0 aromatic carbocycles. The molecule has 0 amide bonds. The number of esters is 4. The van der Waals surface area contributed by atoms with E-state index in [1.54, 1.807) is 0 Å². The molecule has 0 heterocycles. The number of carbonyl (C=O) groups excluding carboxylic acids is 4. The Hall–Kier alpha value is -1.94. The van der Waals surface area contributed by atoms with E-state index in [1.165, 1.54) is 238 Å². The van der Waals surface area contributed by atoms with Crippen LogP contribution in [-0.4, -0.2) is 96.7 Å². The molecule has 0 aliphatic rings. The van der Waals surface area contributed by atoms with Crippen LogP contribution >= 0.6 is 15.6 Å². The lowest BCUT2D eigenvalue weighted by Crippen LogP contribution is -2.30. The van der Waals surface area contributed by atoms with Crippen LogP contribution in [0.3, 0.4) is 0 Å². The molecule has 0 saturated heterocycles. The highest BCUT2D eigenvalue weighted by atomic mass is 31.2. The standard InChI is InChI=1S/C84H164O17P2/c1-9-77(8)63-55-47-39-30-24-20-16-12-10-11-13-17-21-25-31-40-48-56-64-81(86)94-70-79(100-83(88)66-58-50-42-32-26-22-18-14-15-19-23-28-36-44-52-60-74(2)3)72-98-102(90,91)96-68-78(85)69-97-103(92,93)99-73-80(71-95-82(87)65-57-49-41-35-34-38-46-54-62-76(6)7)101-84(89)67-59-51-43-33-27-29-37-45-53-61-75(4)5/h74-80,85H,9-73H2,1-8H3,(H,90,91)(H,92,93)/t77?,78?,79-,80-/m1/s1. The van der Waals surface area contributed by atoms with Crippen LogP contribution in [0.1, 0.15) is 434 Å². The van der Waals surface area contributed by atoms with Gasteiger partial charge in [0.25, 0.3) is 0 Å². The van der Waals surface area contributed by atoms with Gasteiger partial charge in [-0.3, -0.25) is 37.3 Å². The molecule has 0 bridgehead atoms. The first-order valence-electron chi connectivity index (χ1n) is 43.2. The third-order valence-electron chi connectivity index (χ3n) is 19.9. The summed E-state index contributed by atoms with van der Waals surface area (Å²) in [5, 5.41) is 10.7. The molecule has 17 nitrogen and oxygen atoms in total. The third kappa shape index (κ3) is 76.6. The molecule has 0 aliphatic carbocycles. The summed E-state index contributed by atoms with van der Waals surface area (Å²) in [7, 11) is -9.92. The largest absolute Gasteiger partial charge is 0.472 e. The van der Waals surface area contributed by atoms with E-state index in [0.717, 1.165) is 114 Å². The van der Waals surface area contributed by atoms with Crippen LogP contribution < -0.4 is 0 Å². The quantitative estimate of drug-likeness (QED) is 0.0222. The highest BCUT2D eigenvalue weighted by Crippen LogP contribution is 2.45. The van der Waals surface area contributed by atoms with Crippen molar-refractivity contribution < 1.29 is 80.2 Å². The Morgan fingerprint density at radius 3 is 0.689 bits per heavy atom. The van der Waals surface area contributed by atoms with Crippen molar-refractivity contribution in [2.45, 2.75) is 453 Å². The molecule has 6 atom stereocenters. The van der Waals surface area contributed by atoms with Gasteiger partial charge in [-0.1, -0.05) is 383 Å². The fourth-order valence-electron chi connectivity index (χ4n) is 12.9. The average molecular weight is 1510 g/mol. The molecule has 4 unspecified atom stereocenters. The number of rotatable bonds is 81. The maximum atomic E-state index is 13.1. The van der Waals surface area contributed by atoms with Crippen LogP contribution in [-0.2, 0) is 65.4 Å². The number of aliphatic hydroxyl groups excluding tert-OH is 1. The second-order valence-corrected chi connectivity index (χ2v) is 34.8.